The van der Waals surface area contributed by atoms with Gasteiger partial charge < -0.3 is 5.73 Å². The molecular weight excluding hydrogens is 184 g/mol. The molecule has 0 aromatic rings. The molecule has 5 heteroatoms. The lowest BCUT2D eigenvalue weighted by atomic mass is 10.1. The van der Waals surface area contributed by atoms with E-state index in [-0.39, 0.29) is 36.5 Å². The SMILES string of the molecule is CC(=O)C(CN)N1C(=O)CC(C)C1=O. The van der Waals surface area contributed by atoms with Crippen LogP contribution in [0.15, 0.2) is 0 Å². The summed E-state index contributed by atoms with van der Waals surface area (Å²) >= 11 is 0. The predicted molar refractivity (Wildman–Crippen MR) is 49.2 cm³/mol. The molecular formula is C9H14N2O3. The highest BCUT2D eigenvalue weighted by Crippen LogP contribution is 2.21. The van der Waals surface area contributed by atoms with Crippen LogP contribution in [0.25, 0.3) is 0 Å². The third kappa shape index (κ3) is 1.68. The number of hydrogen-bond donors (Lipinski definition) is 1. The number of rotatable bonds is 3. The Labute approximate surface area is 82.2 Å². The largest absolute Gasteiger partial charge is 0.328 e. The van der Waals surface area contributed by atoms with Crippen molar-refractivity contribution in [3.05, 3.63) is 0 Å². The molecule has 14 heavy (non-hydrogen) atoms. The molecule has 2 atom stereocenters. The quantitative estimate of drug-likeness (QED) is 0.608. The molecule has 0 aromatic carbocycles. The molecule has 0 saturated carbocycles. The van der Waals surface area contributed by atoms with E-state index in [0.29, 0.717) is 0 Å². The third-order valence-corrected chi connectivity index (χ3v) is 2.41. The maximum Gasteiger partial charge on any atom is 0.233 e. The average Bonchev–Trinajstić information content (AvgIpc) is 2.32. The molecule has 0 aromatic heterocycles. The molecule has 1 rings (SSSR count). The van der Waals surface area contributed by atoms with E-state index in [0.717, 1.165) is 4.90 Å². The molecule has 2 N–H and O–H groups in total. The number of nitrogens with two attached hydrogens (primary N) is 1. The lowest BCUT2D eigenvalue weighted by Gasteiger charge is -2.22. The highest BCUT2D eigenvalue weighted by atomic mass is 16.2. The summed E-state index contributed by atoms with van der Waals surface area (Å²) in [6, 6.07) is -0.778. The van der Waals surface area contributed by atoms with Gasteiger partial charge in [0.1, 0.15) is 6.04 Å². The van der Waals surface area contributed by atoms with Gasteiger partial charge in [-0.25, -0.2) is 0 Å². The molecule has 1 aliphatic rings. The number of hydrogen-bond acceptors (Lipinski definition) is 4. The second-order valence-electron chi connectivity index (χ2n) is 3.57. The summed E-state index contributed by atoms with van der Waals surface area (Å²) < 4.78 is 0. The molecule has 1 aliphatic heterocycles. The molecule has 0 aliphatic carbocycles. The molecule has 0 spiro atoms. The maximum atomic E-state index is 11.5. The van der Waals surface area contributed by atoms with Crippen molar-refractivity contribution in [1.29, 1.82) is 0 Å². The smallest absolute Gasteiger partial charge is 0.233 e. The van der Waals surface area contributed by atoms with Crippen LogP contribution in [0, 0.1) is 5.92 Å². The normalized spacial score (nSPS) is 24.2. The van der Waals surface area contributed by atoms with Crippen LogP contribution in [0.3, 0.4) is 0 Å². The van der Waals surface area contributed by atoms with Crippen molar-refractivity contribution in [3.63, 3.8) is 0 Å². The summed E-state index contributed by atoms with van der Waals surface area (Å²) in [5, 5.41) is 0. The first-order chi connectivity index (χ1) is 6.49. The second-order valence-corrected chi connectivity index (χ2v) is 3.57. The minimum Gasteiger partial charge on any atom is -0.328 e. The van der Waals surface area contributed by atoms with Gasteiger partial charge in [-0.15, -0.1) is 0 Å². The highest BCUT2D eigenvalue weighted by molar-refractivity contribution is 6.06. The topological polar surface area (TPSA) is 80.5 Å². The van der Waals surface area contributed by atoms with Gasteiger partial charge in [-0.05, 0) is 6.92 Å². The number of Topliss-reactive ketones (excluding diaryl/α,β-unsaturated/α-hetero) is 1. The minimum absolute atomic E-state index is 0.000463. The van der Waals surface area contributed by atoms with Crippen LogP contribution in [0.1, 0.15) is 20.3 Å². The van der Waals surface area contributed by atoms with E-state index >= 15 is 0 Å². The van der Waals surface area contributed by atoms with E-state index in [4.69, 9.17) is 5.73 Å². The zero-order valence-electron chi connectivity index (χ0n) is 8.32. The van der Waals surface area contributed by atoms with Crippen LogP contribution in [0.2, 0.25) is 0 Å². The molecule has 0 radical (unpaired) electrons. The number of carbonyl (C=O) groups is 3. The van der Waals surface area contributed by atoms with Gasteiger partial charge in [0.25, 0.3) is 0 Å². The standard InChI is InChI=1S/C9H14N2O3/c1-5-3-8(13)11(9(5)14)7(4-10)6(2)12/h5,7H,3-4,10H2,1-2H3. The first kappa shape index (κ1) is 10.8. The van der Waals surface area contributed by atoms with Gasteiger partial charge in [0, 0.05) is 18.9 Å². The van der Waals surface area contributed by atoms with Crippen molar-refractivity contribution in [3.8, 4) is 0 Å². The van der Waals surface area contributed by atoms with Crippen molar-refractivity contribution in [1.82, 2.24) is 4.90 Å². The van der Waals surface area contributed by atoms with E-state index in [1.165, 1.54) is 6.92 Å². The Morgan fingerprint density at radius 3 is 2.50 bits per heavy atom. The molecule has 2 amide bonds. The number of likely N-dealkylation sites (tertiary alicyclic amines) is 1. The van der Waals surface area contributed by atoms with E-state index < -0.39 is 6.04 Å². The Bertz CT molecular complexity index is 288. The van der Waals surface area contributed by atoms with Crippen molar-refractivity contribution >= 4 is 17.6 Å². The van der Waals surface area contributed by atoms with Gasteiger partial charge in [-0.1, -0.05) is 6.92 Å². The highest BCUT2D eigenvalue weighted by Gasteiger charge is 2.40. The van der Waals surface area contributed by atoms with Crippen molar-refractivity contribution in [2.75, 3.05) is 6.54 Å². The van der Waals surface area contributed by atoms with E-state index in [1.807, 2.05) is 0 Å². The fourth-order valence-electron chi connectivity index (χ4n) is 1.59. The molecule has 5 nitrogen and oxygen atoms in total. The molecule has 1 saturated heterocycles. The van der Waals surface area contributed by atoms with Crippen LogP contribution in [-0.4, -0.2) is 35.1 Å². The monoisotopic (exact) mass is 198 g/mol. The first-order valence-corrected chi connectivity index (χ1v) is 4.55. The fraction of sp³-hybridized carbons (Fsp3) is 0.667. The Hall–Kier alpha value is -1.23. The molecule has 1 fully saturated rings. The second kappa shape index (κ2) is 3.88. The van der Waals surface area contributed by atoms with Crippen LogP contribution >= 0.6 is 0 Å². The minimum atomic E-state index is -0.778. The summed E-state index contributed by atoms with van der Waals surface area (Å²) in [4.78, 5) is 35.1. The average molecular weight is 198 g/mol. The number of ketones is 1. The van der Waals surface area contributed by atoms with Crippen LogP contribution in [-0.2, 0) is 14.4 Å². The van der Waals surface area contributed by atoms with Gasteiger partial charge >= 0.3 is 0 Å². The van der Waals surface area contributed by atoms with E-state index in [2.05, 4.69) is 0 Å². The van der Waals surface area contributed by atoms with Crippen LogP contribution in [0.4, 0.5) is 0 Å². The van der Waals surface area contributed by atoms with Gasteiger partial charge in [-0.3, -0.25) is 19.3 Å². The Morgan fingerprint density at radius 2 is 2.21 bits per heavy atom. The third-order valence-electron chi connectivity index (χ3n) is 2.41. The van der Waals surface area contributed by atoms with Gasteiger partial charge in [0.2, 0.25) is 11.8 Å². The van der Waals surface area contributed by atoms with Crippen molar-refractivity contribution in [2.24, 2.45) is 11.7 Å². The lowest BCUT2D eigenvalue weighted by Crippen LogP contribution is -2.48. The first-order valence-electron chi connectivity index (χ1n) is 4.55. The zero-order valence-corrected chi connectivity index (χ0v) is 8.32. The van der Waals surface area contributed by atoms with Gasteiger partial charge in [0.15, 0.2) is 5.78 Å². The predicted octanol–water partition coefficient (Wildman–Crippen LogP) is -0.702. The van der Waals surface area contributed by atoms with Crippen molar-refractivity contribution in [2.45, 2.75) is 26.3 Å². The molecule has 0 bridgehead atoms. The number of nitrogens with zero attached hydrogens (tertiary/aromatic N) is 1. The van der Waals surface area contributed by atoms with Gasteiger partial charge in [0.05, 0.1) is 0 Å². The van der Waals surface area contributed by atoms with Gasteiger partial charge in [-0.2, -0.15) is 0 Å². The fourth-order valence-corrected chi connectivity index (χ4v) is 1.59. The van der Waals surface area contributed by atoms with E-state index in [9.17, 15) is 14.4 Å². The summed E-state index contributed by atoms with van der Waals surface area (Å²) in [6.45, 7) is 3.01. The van der Waals surface area contributed by atoms with Crippen LogP contribution < -0.4 is 5.73 Å². The Kier molecular flexibility index (Phi) is 3.00. The number of carbonyl (C=O) groups excluding carboxylic acids is 3. The van der Waals surface area contributed by atoms with Crippen molar-refractivity contribution < 1.29 is 14.4 Å². The van der Waals surface area contributed by atoms with Crippen LogP contribution in [0.5, 0.6) is 0 Å². The lowest BCUT2D eigenvalue weighted by molar-refractivity contribution is -0.145. The Balaban J connectivity index is 2.90. The summed E-state index contributed by atoms with van der Waals surface area (Å²) in [7, 11) is 0. The summed E-state index contributed by atoms with van der Waals surface area (Å²) in [5.74, 6) is -1.16. The number of amides is 2. The molecule has 1 heterocycles. The summed E-state index contributed by atoms with van der Waals surface area (Å²) in [6.07, 6.45) is 0.183. The number of imide groups is 1. The van der Waals surface area contributed by atoms with E-state index in [1.54, 1.807) is 6.92 Å². The zero-order chi connectivity index (χ0) is 10.9. The summed E-state index contributed by atoms with van der Waals surface area (Å²) in [5.41, 5.74) is 5.36. The Morgan fingerprint density at radius 1 is 1.64 bits per heavy atom. The maximum absolute atomic E-state index is 11.5. The molecule has 78 valence electrons. The molecule has 2 unspecified atom stereocenters.